The summed E-state index contributed by atoms with van der Waals surface area (Å²) in [5, 5.41) is 12.4. The monoisotopic (exact) mass is 463 g/mol. The van der Waals surface area contributed by atoms with Gasteiger partial charge in [-0.25, -0.2) is 4.79 Å². The summed E-state index contributed by atoms with van der Waals surface area (Å²) in [5.41, 5.74) is 3.57. The summed E-state index contributed by atoms with van der Waals surface area (Å²) < 4.78 is 12.2. The third kappa shape index (κ3) is 5.62. The van der Waals surface area contributed by atoms with E-state index >= 15 is 0 Å². The fourth-order valence-corrected chi connectivity index (χ4v) is 3.50. The molecule has 0 saturated carbocycles. The van der Waals surface area contributed by atoms with Gasteiger partial charge in [0.1, 0.15) is 17.4 Å². The number of carbonyl (C=O) groups excluding carboxylic acids is 2. The molecule has 33 heavy (non-hydrogen) atoms. The standard InChI is InChI=1S/C25H22ClN3O4/c1-16-12-18(17(2)29(16)20-8-10-21(32-3)11-9-20)13-19(14-27)25(31)33-15-24(30)28-23-7-5-4-6-22(23)26/h4-13H,15H2,1-3H3,(H,28,30). The predicted molar refractivity (Wildman–Crippen MR) is 126 cm³/mol. The number of aryl methyl sites for hydroxylation is 1. The lowest BCUT2D eigenvalue weighted by Gasteiger charge is -2.10. The maximum atomic E-state index is 12.4. The highest BCUT2D eigenvalue weighted by Gasteiger charge is 2.16. The van der Waals surface area contributed by atoms with Crippen LogP contribution in [0.2, 0.25) is 5.02 Å². The molecule has 1 amide bonds. The molecule has 0 atom stereocenters. The molecule has 0 bridgehead atoms. The van der Waals surface area contributed by atoms with Crippen LogP contribution in [0.5, 0.6) is 5.75 Å². The average Bonchev–Trinajstić information content (AvgIpc) is 3.10. The van der Waals surface area contributed by atoms with Gasteiger partial charge in [-0.3, -0.25) is 4.79 Å². The lowest BCUT2D eigenvalue weighted by molar-refractivity contribution is -0.142. The zero-order valence-corrected chi connectivity index (χ0v) is 19.1. The highest BCUT2D eigenvalue weighted by molar-refractivity contribution is 6.33. The summed E-state index contributed by atoms with van der Waals surface area (Å²) in [5.74, 6) is -0.707. The Morgan fingerprint density at radius 1 is 1.15 bits per heavy atom. The van der Waals surface area contributed by atoms with Crippen molar-refractivity contribution in [2.24, 2.45) is 0 Å². The number of benzene rings is 2. The van der Waals surface area contributed by atoms with Crippen molar-refractivity contribution >= 4 is 35.2 Å². The average molecular weight is 464 g/mol. The van der Waals surface area contributed by atoms with Crippen LogP contribution in [0, 0.1) is 25.2 Å². The minimum Gasteiger partial charge on any atom is -0.497 e. The van der Waals surface area contributed by atoms with E-state index in [2.05, 4.69) is 5.32 Å². The van der Waals surface area contributed by atoms with Crippen molar-refractivity contribution in [3.8, 4) is 17.5 Å². The third-order valence-electron chi connectivity index (χ3n) is 4.92. The summed E-state index contributed by atoms with van der Waals surface area (Å²) in [7, 11) is 1.60. The van der Waals surface area contributed by atoms with Gasteiger partial charge >= 0.3 is 5.97 Å². The van der Waals surface area contributed by atoms with Gasteiger partial charge in [-0.2, -0.15) is 5.26 Å². The van der Waals surface area contributed by atoms with Crippen molar-refractivity contribution in [2.75, 3.05) is 19.0 Å². The lowest BCUT2D eigenvalue weighted by atomic mass is 10.1. The number of nitriles is 1. The molecule has 8 heteroatoms. The van der Waals surface area contributed by atoms with Gasteiger partial charge in [0.25, 0.3) is 5.91 Å². The summed E-state index contributed by atoms with van der Waals surface area (Å²) in [6.45, 7) is 3.27. The van der Waals surface area contributed by atoms with Crippen LogP contribution in [0.1, 0.15) is 17.0 Å². The normalized spacial score (nSPS) is 10.9. The molecule has 1 aromatic heterocycles. The van der Waals surface area contributed by atoms with E-state index in [0.717, 1.165) is 22.8 Å². The van der Waals surface area contributed by atoms with Gasteiger partial charge in [-0.1, -0.05) is 23.7 Å². The molecule has 7 nitrogen and oxygen atoms in total. The topological polar surface area (TPSA) is 93.3 Å². The number of nitrogens with one attached hydrogen (secondary N) is 1. The molecule has 0 aliphatic heterocycles. The summed E-state index contributed by atoms with van der Waals surface area (Å²) >= 11 is 6.00. The molecule has 0 fully saturated rings. The van der Waals surface area contributed by atoms with Crippen LogP contribution in [-0.2, 0) is 14.3 Å². The van der Waals surface area contributed by atoms with Crippen LogP contribution in [0.15, 0.2) is 60.2 Å². The summed E-state index contributed by atoms with van der Waals surface area (Å²) in [6.07, 6.45) is 1.46. The van der Waals surface area contributed by atoms with Crippen molar-refractivity contribution in [2.45, 2.75) is 13.8 Å². The number of methoxy groups -OCH3 is 1. The molecular weight excluding hydrogens is 442 g/mol. The van der Waals surface area contributed by atoms with Gasteiger partial charge in [-0.05, 0) is 68.0 Å². The number of hydrogen-bond donors (Lipinski definition) is 1. The molecule has 1 heterocycles. The first-order valence-electron chi connectivity index (χ1n) is 10.0. The Balaban J connectivity index is 1.73. The highest BCUT2D eigenvalue weighted by Crippen LogP contribution is 2.24. The molecule has 3 rings (SSSR count). The second kappa shape index (κ2) is 10.5. The Bertz CT molecular complexity index is 1250. The lowest BCUT2D eigenvalue weighted by Crippen LogP contribution is -2.21. The summed E-state index contributed by atoms with van der Waals surface area (Å²) in [6, 6.07) is 18.0. The first kappa shape index (κ1) is 23.6. The van der Waals surface area contributed by atoms with Gasteiger partial charge in [0.15, 0.2) is 6.61 Å². The Labute approximate surface area is 196 Å². The number of carbonyl (C=O) groups is 2. The Morgan fingerprint density at radius 2 is 1.85 bits per heavy atom. The van der Waals surface area contributed by atoms with Crippen LogP contribution in [0.25, 0.3) is 11.8 Å². The summed E-state index contributed by atoms with van der Waals surface area (Å²) in [4.78, 5) is 24.5. The number of amides is 1. The maximum Gasteiger partial charge on any atom is 0.349 e. The van der Waals surface area contributed by atoms with E-state index < -0.39 is 18.5 Å². The van der Waals surface area contributed by atoms with E-state index in [9.17, 15) is 14.9 Å². The predicted octanol–water partition coefficient (Wildman–Crippen LogP) is 4.85. The number of anilines is 1. The third-order valence-corrected chi connectivity index (χ3v) is 5.25. The highest BCUT2D eigenvalue weighted by atomic mass is 35.5. The molecular formula is C25H22ClN3O4. The van der Waals surface area contributed by atoms with Crippen molar-refractivity contribution in [1.82, 2.24) is 4.57 Å². The number of esters is 1. The molecule has 168 valence electrons. The van der Waals surface area contributed by atoms with Crippen molar-refractivity contribution in [3.05, 3.63) is 82.1 Å². The van der Waals surface area contributed by atoms with E-state index in [-0.39, 0.29) is 5.57 Å². The van der Waals surface area contributed by atoms with Crippen LogP contribution in [0.4, 0.5) is 5.69 Å². The molecule has 0 aliphatic rings. The second-order valence-corrected chi connectivity index (χ2v) is 7.54. The van der Waals surface area contributed by atoms with E-state index in [1.807, 2.05) is 54.8 Å². The molecule has 0 unspecified atom stereocenters. The van der Waals surface area contributed by atoms with Crippen LogP contribution in [0.3, 0.4) is 0 Å². The molecule has 0 radical (unpaired) electrons. The molecule has 0 aliphatic carbocycles. The Morgan fingerprint density at radius 3 is 2.48 bits per heavy atom. The van der Waals surface area contributed by atoms with Crippen molar-refractivity contribution in [3.63, 3.8) is 0 Å². The minimum absolute atomic E-state index is 0.212. The fourth-order valence-electron chi connectivity index (χ4n) is 3.31. The fraction of sp³-hybridized carbons (Fsp3) is 0.160. The van der Waals surface area contributed by atoms with Crippen LogP contribution < -0.4 is 10.1 Å². The first-order valence-corrected chi connectivity index (χ1v) is 10.4. The molecule has 3 aromatic rings. The number of halogens is 1. The molecule has 2 aromatic carbocycles. The number of rotatable bonds is 7. The minimum atomic E-state index is -0.888. The number of nitrogens with zero attached hydrogens (tertiary/aromatic N) is 2. The maximum absolute atomic E-state index is 12.4. The van der Waals surface area contributed by atoms with Gasteiger partial charge in [-0.15, -0.1) is 0 Å². The van der Waals surface area contributed by atoms with Crippen LogP contribution >= 0.6 is 11.6 Å². The van der Waals surface area contributed by atoms with Gasteiger partial charge in [0.2, 0.25) is 0 Å². The quantitative estimate of drug-likeness (QED) is 0.307. The van der Waals surface area contributed by atoms with E-state index in [1.165, 1.54) is 6.08 Å². The zero-order valence-electron chi connectivity index (χ0n) is 18.4. The number of para-hydroxylation sites is 1. The van der Waals surface area contributed by atoms with E-state index in [0.29, 0.717) is 16.3 Å². The molecule has 1 N–H and O–H groups in total. The zero-order chi connectivity index (χ0) is 24.0. The van der Waals surface area contributed by atoms with E-state index in [4.69, 9.17) is 21.1 Å². The van der Waals surface area contributed by atoms with Gasteiger partial charge in [0, 0.05) is 17.1 Å². The number of aromatic nitrogens is 1. The van der Waals surface area contributed by atoms with Crippen LogP contribution in [-0.4, -0.2) is 30.2 Å². The Hall–Kier alpha value is -4.02. The largest absolute Gasteiger partial charge is 0.497 e. The SMILES string of the molecule is COc1ccc(-n2c(C)cc(C=C(C#N)C(=O)OCC(=O)Nc3ccccc3Cl)c2C)cc1. The smallest absolute Gasteiger partial charge is 0.349 e. The van der Waals surface area contributed by atoms with Gasteiger partial charge in [0.05, 0.1) is 17.8 Å². The molecule has 0 spiro atoms. The number of hydrogen-bond acceptors (Lipinski definition) is 5. The van der Waals surface area contributed by atoms with E-state index in [1.54, 1.807) is 31.4 Å². The van der Waals surface area contributed by atoms with Gasteiger partial charge < -0.3 is 19.4 Å². The Kier molecular flexibility index (Phi) is 7.54. The van der Waals surface area contributed by atoms with Crippen molar-refractivity contribution in [1.29, 1.82) is 5.26 Å². The molecule has 0 saturated heterocycles. The van der Waals surface area contributed by atoms with Crippen molar-refractivity contribution < 1.29 is 19.1 Å². The second-order valence-electron chi connectivity index (χ2n) is 7.13. The number of ether oxygens (including phenoxy) is 2. The first-order chi connectivity index (χ1) is 15.8.